The molecule has 3 nitrogen and oxygen atoms in total. The summed E-state index contributed by atoms with van der Waals surface area (Å²) in [6.45, 7) is 3.03. The van der Waals surface area contributed by atoms with Gasteiger partial charge in [-0.2, -0.15) is 0 Å². The maximum atomic E-state index is 15.0. The lowest BCUT2D eigenvalue weighted by Crippen LogP contribution is -2.44. The SMILES string of the molecule is CC(N)C1=C(c2ccccc2)C(C(N)=O)C(C)(F)C(Cl)=C1. The highest BCUT2D eigenvalue weighted by Crippen LogP contribution is 2.46. The van der Waals surface area contributed by atoms with Gasteiger partial charge >= 0.3 is 0 Å². The fraction of sp³-hybridized carbons (Fsp3) is 0.312. The number of primary amides is 1. The predicted octanol–water partition coefficient (Wildman–Crippen LogP) is 2.75. The number of benzene rings is 1. The van der Waals surface area contributed by atoms with Gasteiger partial charge < -0.3 is 11.5 Å². The second-order valence-electron chi connectivity index (χ2n) is 5.43. The highest BCUT2D eigenvalue weighted by molar-refractivity contribution is 6.31. The van der Waals surface area contributed by atoms with Crippen molar-refractivity contribution in [3.05, 3.63) is 52.6 Å². The molecule has 21 heavy (non-hydrogen) atoms. The first-order chi connectivity index (χ1) is 9.76. The lowest BCUT2D eigenvalue weighted by atomic mass is 9.73. The van der Waals surface area contributed by atoms with Gasteiger partial charge in [0, 0.05) is 6.04 Å². The molecule has 1 amide bonds. The van der Waals surface area contributed by atoms with Crippen LogP contribution in [0.2, 0.25) is 0 Å². The Bertz CT molecular complexity index is 620. The number of hydrogen-bond donors (Lipinski definition) is 2. The third-order valence-electron chi connectivity index (χ3n) is 3.75. The maximum Gasteiger partial charge on any atom is 0.228 e. The molecule has 0 saturated carbocycles. The molecule has 0 aliphatic heterocycles. The predicted molar refractivity (Wildman–Crippen MR) is 83.1 cm³/mol. The molecule has 0 fully saturated rings. The molecule has 2 rings (SSSR count). The first-order valence-corrected chi connectivity index (χ1v) is 7.05. The van der Waals surface area contributed by atoms with Crippen LogP contribution in [-0.2, 0) is 4.79 Å². The Morgan fingerprint density at radius 3 is 2.43 bits per heavy atom. The van der Waals surface area contributed by atoms with Crippen molar-refractivity contribution in [1.29, 1.82) is 0 Å². The van der Waals surface area contributed by atoms with Crippen LogP contribution in [-0.4, -0.2) is 17.6 Å². The molecule has 3 unspecified atom stereocenters. The van der Waals surface area contributed by atoms with Crippen molar-refractivity contribution in [2.45, 2.75) is 25.6 Å². The molecule has 0 radical (unpaired) electrons. The van der Waals surface area contributed by atoms with Crippen LogP contribution >= 0.6 is 11.6 Å². The largest absolute Gasteiger partial charge is 0.369 e. The quantitative estimate of drug-likeness (QED) is 0.901. The molecule has 1 aliphatic rings. The fourth-order valence-corrected chi connectivity index (χ4v) is 2.89. The monoisotopic (exact) mass is 308 g/mol. The molecule has 3 atom stereocenters. The van der Waals surface area contributed by atoms with E-state index in [9.17, 15) is 9.18 Å². The zero-order chi connectivity index (χ0) is 15.8. The first kappa shape index (κ1) is 15.7. The van der Waals surface area contributed by atoms with Crippen LogP contribution in [0.1, 0.15) is 19.4 Å². The van der Waals surface area contributed by atoms with Crippen molar-refractivity contribution in [2.24, 2.45) is 17.4 Å². The molecular formula is C16H18ClFN2O. The van der Waals surface area contributed by atoms with E-state index < -0.39 is 23.5 Å². The maximum absolute atomic E-state index is 15.0. The van der Waals surface area contributed by atoms with Crippen LogP contribution in [0.4, 0.5) is 4.39 Å². The van der Waals surface area contributed by atoms with Gasteiger partial charge in [0.15, 0.2) is 5.67 Å². The van der Waals surface area contributed by atoms with E-state index >= 15 is 0 Å². The second-order valence-corrected chi connectivity index (χ2v) is 5.83. The summed E-state index contributed by atoms with van der Waals surface area (Å²) in [7, 11) is 0. The lowest BCUT2D eigenvalue weighted by molar-refractivity contribution is -0.122. The molecule has 0 aromatic heterocycles. The highest BCUT2D eigenvalue weighted by atomic mass is 35.5. The van der Waals surface area contributed by atoms with E-state index in [1.165, 1.54) is 13.0 Å². The van der Waals surface area contributed by atoms with Gasteiger partial charge in [0.2, 0.25) is 5.91 Å². The Balaban J connectivity index is 2.76. The van der Waals surface area contributed by atoms with Crippen LogP contribution in [0, 0.1) is 5.92 Å². The average Bonchev–Trinajstić information content (AvgIpc) is 2.41. The Hall–Kier alpha value is -1.65. The number of halogens is 2. The molecule has 5 heteroatoms. The highest BCUT2D eigenvalue weighted by Gasteiger charge is 2.47. The summed E-state index contributed by atoms with van der Waals surface area (Å²) < 4.78 is 15.0. The second kappa shape index (κ2) is 5.62. The van der Waals surface area contributed by atoms with Crippen molar-refractivity contribution in [1.82, 2.24) is 0 Å². The third kappa shape index (κ3) is 2.74. The van der Waals surface area contributed by atoms with Gasteiger partial charge in [0.05, 0.1) is 5.03 Å². The van der Waals surface area contributed by atoms with Crippen LogP contribution in [0.5, 0.6) is 0 Å². The van der Waals surface area contributed by atoms with Crippen LogP contribution in [0.15, 0.2) is 47.0 Å². The summed E-state index contributed by atoms with van der Waals surface area (Å²) in [6.07, 6.45) is 1.51. The minimum absolute atomic E-state index is 0.0571. The molecule has 4 N–H and O–H groups in total. The van der Waals surface area contributed by atoms with Crippen LogP contribution in [0.25, 0.3) is 5.57 Å². The minimum Gasteiger partial charge on any atom is -0.369 e. The van der Waals surface area contributed by atoms with Crippen molar-refractivity contribution < 1.29 is 9.18 Å². The fourth-order valence-electron chi connectivity index (χ4n) is 2.67. The van der Waals surface area contributed by atoms with Gasteiger partial charge in [-0.05, 0) is 36.6 Å². The summed E-state index contributed by atoms with van der Waals surface area (Å²) >= 11 is 6.03. The number of nitrogens with two attached hydrogens (primary N) is 2. The van der Waals surface area contributed by atoms with Crippen molar-refractivity contribution in [3.8, 4) is 0 Å². The molecule has 0 saturated heterocycles. The molecule has 1 aliphatic carbocycles. The summed E-state index contributed by atoms with van der Waals surface area (Å²) in [6, 6.07) is 8.68. The molecule has 1 aromatic rings. The Morgan fingerprint density at radius 1 is 1.38 bits per heavy atom. The van der Waals surface area contributed by atoms with Gasteiger partial charge in [-0.15, -0.1) is 0 Å². The van der Waals surface area contributed by atoms with E-state index in [1.54, 1.807) is 19.1 Å². The molecule has 0 spiro atoms. The standard InChI is InChI=1S/C16H18ClFN2O/c1-9(19)11-8-12(17)16(2,18)14(15(20)21)13(11)10-6-4-3-5-7-10/h3-9,14H,19H2,1-2H3,(H2,20,21). The number of carbonyl (C=O) groups is 1. The number of rotatable bonds is 3. The van der Waals surface area contributed by atoms with E-state index in [2.05, 4.69) is 0 Å². The van der Waals surface area contributed by atoms with E-state index in [4.69, 9.17) is 23.1 Å². The van der Waals surface area contributed by atoms with Crippen molar-refractivity contribution >= 4 is 23.1 Å². The number of carbonyl (C=O) groups excluding carboxylic acids is 1. The van der Waals surface area contributed by atoms with Gasteiger partial charge in [-0.3, -0.25) is 4.79 Å². The Morgan fingerprint density at radius 2 is 1.95 bits per heavy atom. The van der Waals surface area contributed by atoms with Crippen molar-refractivity contribution in [3.63, 3.8) is 0 Å². The number of alkyl halides is 1. The summed E-state index contributed by atoms with van der Waals surface area (Å²) in [5, 5.41) is -0.0571. The van der Waals surface area contributed by atoms with Gasteiger partial charge in [0.1, 0.15) is 5.92 Å². The molecular weight excluding hydrogens is 291 g/mol. The Kier molecular flexibility index (Phi) is 4.21. The average molecular weight is 309 g/mol. The van der Waals surface area contributed by atoms with Crippen LogP contribution in [0.3, 0.4) is 0 Å². The summed E-state index contributed by atoms with van der Waals surface area (Å²) in [4.78, 5) is 11.9. The van der Waals surface area contributed by atoms with Crippen molar-refractivity contribution in [2.75, 3.05) is 0 Å². The van der Waals surface area contributed by atoms with Crippen LogP contribution < -0.4 is 11.5 Å². The number of amides is 1. The Labute approximate surface area is 128 Å². The summed E-state index contributed by atoms with van der Waals surface area (Å²) in [5.41, 5.74) is 11.2. The van der Waals surface area contributed by atoms with E-state index in [0.29, 0.717) is 11.1 Å². The number of allylic oxidation sites excluding steroid dienone is 1. The van der Waals surface area contributed by atoms with Gasteiger partial charge in [0.25, 0.3) is 0 Å². The van der Waals surface area contributed by atoms with E-state index in [1.807, 2.05) is 18.2 Å². The molecule has 112 valence electrons. The lowest BCUT2D eigenvalue weighted by Gasteiger charge is -2.36. The van der Waals surface area contributed by atoms with Gasteiger partial charge in [-0.1, -0.05) is 41.9 Å². The van der Waals surface area contributed by atoms with E-state index in [-0.39, 0.29) is 5.03 Å². The van der Waals surface area contributed by atoms with Gasteiger partial charge in [-0.25, -0.2) is 4.39 Å². The smallest absolute Gasteiger partial charge is 0.228 e. The topological polar surface area (TPSA) is 69.1 Å². The van der Waals surface area contributed by atoms with E-state index in [0.717, 1.165) is 5.56 Å². The minimum atomic E-state index is -2.04. The normalized spacial score (nSPS) is 27.3. The summed E-state index contributed by atoms with van der Waals surface area (Å²) in [5.74, 6) is -1.93. The first-order valence-electron chi connectivity index (χ1n) is 6.67. The molecule has 1 aromatic carbocycles. The third-order valence-corrected chi connectivity index (χ3v) is 4.23. The molecule has 0 heterocycles. The zero-order valence-corrected chi connectivity index (χ0v) is 12.7. The number of hydrogen-bond acceptors (Lipinski definition) is 2. The molecule has 0 bridgehead atoms. The zero-order valence-electron chi connectivity index (χ0n) is 11.9.